The van der Waals surface area contributed by atoms with Gasteiger partial charge in [0.05, 0.1) is 19.1 Å². The molecule has 0 heterocycles. The number of hydrogen-bond acceptors (Lipinski definition) is 5. The zero-order valence-corrected chi connectivity index (χ0v) is 19.3. The van der Waals surface area contributed by atoms with E-state index in [0.29, 0.717) is 11.4 Å². The van der Waals surface area contributed by atoms with E-state index in [9.17, 15) is 18.0 Å². The molecule has 0 saturated heterocycles. The van der Waals surface area contributed by atoms with Crippen LogP contribution in [0.5, 0.6) is 5.75 Å². The number of aryl methyl sites for hydroxylation is 1. The average molecular weight is 448 g/mol. The van der Waals surface area contributed by atoms with Crippen molar-refractivity contribution in [1.29, 1.82) is 0 Å². The molecule has 0 unspecified atom stereocenters. The maximum absolute atomic E-state index is 13.3. The number of nitrogens with one attached hydrogen (secondary N) is 1. The zero-order valence-electron chi connectivity index (χ0n) is 18.5. The summed E-state index contributed by atoms with van der Waals surface area (Å²) in [6.07, 6.45) is 1.06. The van der Waals surface area contributed by atoms with Crippen LogP contribution in [-0.2, 0) is 26.2 Å². The number of likely N-dealkylation sites (N-methyl/N-ethyl adjacent to an activating group) is 1. The third-order valence-electron chi connectivity index (χ3n) is 4.96. The monoisotopic (exact) mass is 447 g/mol. The Labute approximate surface area is 183 Å². The van der Waals surface area contributed by atoms with Crippen molar-refractivity contribution in [3.63, 3.8) is 0 Å². The lowest BCUT2D eigenvalue weighted by atomic mass is 10.1. The van der Waals surface area contributed by atoms with E-state index < -0.39 is 28.5 Å². The van der Waals surface area contributed by atoms with Crippen molar-refractivity contribution in [3.05, 3.63) is 59.7 Å². The number of benzene rings is 2. The van der Waals surface area contributed by atoms with Crippen LogP contribution in [0.15, 0.2) is 48.5 Å². The van der Waals surface area contributed by atoms with Crippen LogP contribution in [0.1, 0.15) is 18.1 Å². The number of nitrogens with zero attached hydrogens (tertiary/aromatic N) is 2. The van der Waals surface area contributed by atoms with Crippen LogP contribution in [-0.4, -0.2) is 58.1 Å². The zero-order chi connectivity index (χ0) is 23.2. The minimum atomic E-state index is -3.74. The molecule has 0 fully saturated rings. The fraction of sp³-hybridized carbons (Fsp3) is 0.364. The molecular formula is C22H29N3O5S. The largest absolute Gasteiger partial charge is 0.497 e. The molecule has 0 spiro atoms. The first-order valence-corrected chi connectivity index (χ1v) is 11.6. The van der Waals surface area contributed by atoms with Gasteiger partial charge in [-0.2, -0.15) is 0 Å². The van der Waals surface area contributed by atoms with Gasteiger partial charge in [-0.05, 0) is 43.2 Å². The van der Waals surface area contributed by atoms with E-state index in [1.165, 1.54) is 11.9 Å². The van der Waals surface area contributed by atoms with Crippen LogP contribution in [0, 0.1) is 6.92 Å². The van der Waals surface area contributed by atoms with Gasteiger partial charge in [0.25, 0.3) is 0 Å². The molecule has 8 nitrogen and oxygen atoms in total. The molecule has 9 heteroatoms. The maximum Gasteiger partial charge on any atom is 0.244 e. The third-order valence-corrected chi connectivity index (χ3v) is 6.09. The van der Waals surface area contributed by atoms with Gasteiger partial charge in [-0.1, -0.05) is 30.3 Å². The van der Waals surface area contributed by atoms with E-state index in [1.54, 1.807) is 63.4 Å². The quantitative estimate of drug-likeness (QED) is 0.634. The van der Waals surface area contributed by atoms with Crippen molar-refractivity contribution < 1.29 is 22.7 Å². The second-order valence-electron chi connectivity index (χ2n) is 7.22. The molecule has 168 valence electrons. The number of amides is 2. The molecule has 0 aliphatic heterocycles. The lowest BCUT2D eigenvalue weighted by molar-refractivity contribution is -0.139. The number of carbonyl (C=O) groups is 2. The highest BCUT2D eigenvalue weighted by molar-refractivity contribution is 7.92. The predicted octanol–water partition coefficient (Wildman–Crippen LogP) is 1.93. The molecule has 2 aromatic carbocycles. The Morgan fingerprint density at radius 1 is 1.13 bits per heavy atom. The van der Waals surface area contributed by atoms with Crippen LogP contribution in [0.25, 0.3) is 0 Å². The van der Waals surface area contributed by atoms with Gasteiger partial charge in [0.1, 0.15) is 18.3 Å². The Balaban J connectivity index is 2.40. The highest BCUT2D eigenvalue weighted by atomic mass is 32.2. The van der Waals surface area contributed by atoms with Crippen LogP contribution < -0.4 is 14.4 Å². The van der Waals surface area contributed by atoms with E-state index in [-0.39, 0.29) is 12.5 Å². The number of sulfonamides is 1. The van der Waals surface area contributed by atoms with E-state index in [1.807, 2.05) is 6.07 Å². The van der Waals surface area contributed by atoms with Gasteiger partial charge in [-0.3, -0.25) is 13.9 Å². The molecule has 2 amide bonds. The Bertz CT molecular complexity index is 1040. The van der Waals surface area contributed by atoms with Crippen LogP contribution >= 0.6 is 0 Å². The smallest absolute Gasteiger partial charge is 0.244 e. The first-order chi connectivity index (χ1) is 14.6. The second-order valence-corrected chi connectivity index (χ2v) is 9.13. The molecule has 0 radical (unpaired) electrons. The van der Waals surface area contributed by atoms with E-state index in [4.69, 9.17) is 4.74 Å². The summed E-state index contributed by atoms with van der Waals surface area (Å²) in [4.78, 5) is 27.0. The van der Waals surface area contributed by atoms with Crippen molar-refractivity contribution in [1.82, 2.24) is 10.2 Å². The molecule has 0 bridgehead atoms. The summed E-state index contributed by atoms with van der Waals surface area (Å²) in [7, 11) is -0.707. The van der Waals surface area contributed by atoms with E-state index >= 15 is 0 Å². The van der Waals surface area contributed by atoms with Gasteiger partial charge in [-0.15, -0.1) is 0 Å². The lowest BCUT2D eigenvalue weighted by Crippen LogP contribution is -2.50. The number of anilines is 1. The van der Waals surface area contributed by atoms with Gasteiger partial charge in [-0.25, -0.2) is 8.42 Å². The number of carbonyl (C=O) groups excluding carboxylic acids is 2. The van der Waals surface area contributed by atoms with Crippen LogP contribution in [0.4, 0.5) is 5.69 Å². The van der Waals surface area contributed by atoms with Gasteiger partial charge in [0, 0.05) is 13.6 Å². The first-order valence-electron chi connectivity index (χ1n) is 9.75. The molecule has 0 saturated carbocycles. The summed E-state index contributed by atoms with van der Waals surface area (Å²) in [5, 5.41) is 2.54. The number of ether oxygens (including phenoxy) is 1. The van der Waals surface area contributed by atoms with Gasteiger partial charge < -0.3 is 15.0 Å². The van der Waals surface area contributed by atoms with Crippen molar-refractivity contribution >= 4 is 27.5 Å². The predicted molar refractivity (Wildman–Crippen MR) is 120 cm³/mol. The third kappa shape index (κ3) is 6.21. The normalized spacial score (nSPS) is 12.0. The van der Waals surface area contributed by atoms with E-state index in [0.717, 1.165) is 21.7 Å². The number of hydrogen-bond donors (Lipinski definition) is 1. The summed E-state index contributed by atoms with van der Waals surface area (Å²) in [6.45, 7) is 3.08. The molecule has 0 aromatic heterocycles. The molecule has 2 aromatic rings. The van der Waals surface area contributed by atoms with Crippen LogP contribution in [0.2, 0.25) is 0 Å². The topological polar surface area (TPSA) is 96.0 Å². The summed E-state index contributed by atoms with van der Waals surface area (Å²) in [5.41, 5.74) is 1.90. The summed E-state index contributed by atoms with van der Waals surface area (Å²) in [5.74, 6) is -0.221. The fourth-order valence-electron chi connectivity index (χ4n) is 3.20. The Hall–Kier alpha value is -3.07. The highest BCUT2D eigenvalue weighted by Gasteiger charge is 2.30. The average Bonchev–Trinajstić information content (AvgIpc) is 2.74. The van der Waals surface area contributed by atoms with E-state index in [2.05, 4.69) is 5.32 Å². The maximum atomic E-state index is 13.3. The first kappa shape index (κ1) is 24.2. The van der Waals surface area contributed by atoms with Gasteiger partial charge in [0.15, 0.2) is 0 Å². The number of para-hydroxylation sites is 1. The van der Waals surface area contributed by atoms with Gasteiger partial charge in [0.2, 0.25) is 21.8 Å². The number of rotatable bonds is 9. The van der Waals surface area contributed by atoms with Crippen molar-refractivity contribution in [2.24, 2.45) is 0 Å². The standard InChI is InChI=1S/C22H29N3O5S/c1-16-9-6-7-12-20(16)25(31(5,28)29)15-21(26)24(17(2)22(27)23-3)14-18-10-8-11-19(13-18)30-4/h6-13,17H,14-15H2,1-5H3,(H,23,27)/t17-/m1/s1. The Morgan fingerprint density at radius 3 is 2.39 bits per heavy atom. The lowest BCUT2D eigenvalue weighted by Gasteiger charge is -2.31. The molecule has 0 aliphatic rings. The van der Waals surface area contributed by atoms with Crippen molar-refractivity contribution in [2.75, 3.05) is 31.3 Å². The SMILES string of the molecule is CNC(=O)[C@@H](C)N(Cc1cccc(OC)c1)C(=O)CN(c1ccccc1C)S(C)(=O)=O. The molecule has 1 N–H and O–H groups in total. The minimum absolute atomic E-state index is 0.121. The molecule has 1 atom stereocenters. The highest BCUT2D eigenvalue weighted by Crippen LogP contribution is 2.23. The van der Waals surface area contributed by atoms with Crippen molar-refractivity contribution in [3.8, 4) is 5.75 Å². The summed E-state index contributed by atoms with van der Waals surface area (Å²) in [6, 6.07) is 13.3. The Morgan fingerprint density at radius 2 is 1.81 bits per heavy atom. The fourth-order valence-corrected chi connectivity index (χ4v) is 4.10. The minimum Gasteiger partial charge on any atom is -0.497 e. The molecular weight excluding hydrogens is 418 g/mol. The van der Waals surface area contributed by atoms with Crippen LogP contribution in [0.3, 0.4) is 0 Å². The number of methoxy groups -OCH3 is 1. The summed E-state index contributed by atoms with van der Waals surface area (Å²) < 4.78 is 31.3. The molecule has 2 rings (SSSR count). The second kappa shape index (κ2) is 10.3. The van der Waals surface area contributed by atoms with Crippen molar-refractivity contribution in [2.45, 2.75) is 26.4 Å². The summed E-state index contributed by atoms with van der Waals surface area (Å²) >= 11 is 0. The molecule has 31 heavy (non-hydrogen) atoms. The van der Waals surface area contributed by atoms with Gasteiger partial charge >= 0.3 is 0 Å². The Kier molecular flexibility index (Phi) is 8.04. The molecule has 0 aliphatic carbocycles.